The van der Waals surface area contributed by atoms with Crippen molar-refractivity contribution in [2.24, 2.45) is 5.92 Å². The van der Waals surface area contributed by atoms with Crippen LogP contribution in [0.25, 0.3) is 0 Å². The molecule has 1 aliphatic carbocycles. The van der Waals surface area contributed by atoms with Gasteiger partial charge in [0.25, 0.3) is 0 Å². The topological polar surface area (TPSA) is 70.6 Å². The number of aliphatic hydroxyl groups excluding tert-OH is 1. The van der Waals surface area contributed by atoms with E-state index in [1.165, 1.54) is 13.5 Å². The maximum Gasteiger partial charge on any atom is 0.319 e. The molecule has 0 aliphatic heterocycles. The molecule has 0 spiro atoms. The SMILES string of the molecule is COc1ccc(Cl)cc1NC(=O)NCC(O)C1CCCCC1. The van der Waals surface area contributed by atoms with E-state index in [0.29, 0.717) is 16.5 Å². The van der Waals surface area contributed by atoms with Gasteiger partial charge in [0.15, 0.2) is 0 Å². The largest absolute Gasteiger partial charge is 0.495 e. The van der Waals surface area contributed by atoms with Gasteiger partial charge in [0.05, 0.1) is 18.9 Å². The van der Waals surface area contributed by atoms with Crippen LogP contribution in [0, 0.1) is 5.92 Å². The van der Waals surface area contributed by atoms with E-state index < -0.39 is 6.10 Å². The Balaban J connectivity index is 1.83. The number of ether oxygens (including phenoxy) is 1. The third-order valence-electron chi connectivity index (χ3n) is 4.08. The zero-order chi connectivity index (χ0) is 15.9. The molecule has 1 aromatic rings. The van der Waals surface area contributed by atoms with Gasteiger partial charge in [-0.15, -0.1) is 0 Å². The van der Waals surface area contributed by atoms with Gasteiger partial charge in [-0.25, -0.2) is 4.79 Å². The number of urea groups is 1. The predicted octanol–water partition coefficient (Wildman–Crippen LogP) is 3.41. The number of carbonyl (C=O) groups excluding carboxylic acids is 1. The fourth-order valence-corrected chi connectivity index (χ4v) is 3.00. The number of methoxy groups -OCH3 is 1. The van der Waals surface area contributed by atoms with Crippen LogP contribution in [-0.4, -0.2) is 30.9 Å². The number of aliphatic hydroxyl groups is 1. The van der Waals surface area contributed by atoms with Crippen LogP contribution in [0.5, 0.6) is 5.75 Å². The Kier molecular flexibility index (Phi) is 6.34. The molecule has 0 aromatic heterocycles. The molecule has 6 heteroatoms. The van der Waals surface area contributed by atoms with Gasteiger partial charge in [-0.05, 0) is 37.0 Å². The second-order valence-electron chi connectivity index (χ2n) is 5.65. The summed E-state index contributed by atoms with van der Waals surface area (Å²) in [5, 5.41) is 16.0. The van der Waals surface area contributed by atoms with Crippen LogP contribution >= 0.6 is 11.6 Å². The third kappa shape index (κ3) is 4.78. The first-order valence-electron chi connectivity index (χ1n) is 7.66. The first-order valence-corrected chi connectivity index (χ1v) is 8.04. The molecule has 1 aliphatic rings. The van der Waals surface area contributed by atoms with E-state index in [0.717, 1.165) is 25.7 Å². The Hall–Kier alpha value is -1.46. The smallest absolute Gasteiger partial charge is 0.319 e. The average Bonchev–Trinajstić information content (AvgIpc) is 2.53. The first-order chi connectivity index (χ1) is 10.6. The quantitative estimate of drug-likeness (QED) is 0.776. The van der Waals surface area contributed by atoms with Crippen molar-refractivity contribution < 1.29 is 14.6 Å². The van der Waals surface area contributed by atoms with Crippen LogP contribution in [-0.2, 0) is 0 Å². The van der Waals surface area contributed by atoms with E-state index in [2.05, 4.69) is 10.6 Å². The van der Waals surface area contributed by atoms with Crippen molar-refractivity contribution in [3.05, 3.63) is 23.2 Å². The van der Waals surface area contributed by atoms with E-state index in [9.17, 15) is 9.90 Å². The highest BCUT2D eigenvalue weighted by Crippen LogP contribution is 2.28. The molecule has 1 fully saturated rings. The zero-order valence-corrected chi connectivity index (χ0v) is 13.5. The lowest BCUT2D eigenvalue weighted by Gasteiger charge is -2.26. The van der Waals surface area contributed by atoms with Crippen LogP contribution in [0.4, 0.5) is 10.5 Å². The minimum absolute atomic E-state index is 0.249. The highest BCUT2D eigenvalue weighted by Gasteiger charge is 2.22. The van der Waals surface area contributed by atoms with Crippen molar-refractivity contribution in [2.75, 3.05) is 19.0 Å². The van der Waals surface area contributed by atoms with E-state index in [-0.39, 0.29) is 18.5 Å². The van der Waals surface area contributed by atoms with Gasteiger partial charge in [-0.1, -0.05) is 30.9 Å². The molecule has 1 aromatic carbocycles. The van der Waals surface area contributed by atoms with Crippen molar-refractivity contribution in [3.63, 3.8) is 0 Å². The fourth-order valence-electron chi connectivity index (χ4n) is 2.83. The van der Waals surface area contributed by atoms with Crippen LogP contribution in [0.2, 0.25) is 5.02 Å². The van der Waals surface area contributed by atoms with Crippen LogP contribution in [0.1, 0.15) is 32.1 Å². The number of rotatable bonds is 5. The molecule has 0 radical (unpaired) electrons. The van der Waals surface area contributed by atoms with Crippen molar-refractivity contribution >= 4 is 23.3 Å². The van der Waals surface area contributed by atoms with E-state index in [1.54, 1.807) is 18.2 Å². The molecule has 0 heterocycles. The number of anilines is 1. The zero-order valence-electron chi connectivity index (χ0n) is 12.8. The number of carbonyl (C=O) groups is 1. The Morgan fingerprint density at radius 3 is 2.82 bits per heavy atom. The number of hydrogen-bond donors (Lipinski definition) is 3. The molecule has 22 heavy (non-hydrogen) atoms. The maximum absolute atomic E-state index is 11.9. The molecular weight excluding hydrogens is 304 g/mol. The van der Waals surface area contributed by atoms with Gasteiger partial charge >= 0.3 is 6.03 Å². The summed E-state index contributed by atoms with van der Waals surface area (Å²) in [4.78, 5) is 11.9. The minimum atomic E-state index is -0.493. The lowest BCUT2D eigenvalue weighted by molar-refractivity contribution is 0.0863. The number of halogens is 1. The molecule has 5 nitrogen and oxygen atoms in total. The summed E-state index contributed by atoms with van der Waals surface area (Å²) < 4.78 is 5.17. The van der Waals surface area contributed by atoms with Crippen molar-refractivity contribution in [1.82, 2.24) is 5.32 Å². The fraction of sp³-hybridized carbons (Fsp3) is 0.562. The molecule has 0 bridgehead atoms. The summed E-state index contributed by atoms with van der Waals surface area (Å²) in [6, 6.07) is 4.62. The van der Waals surface area contributed by atoms with Crippen LogP contribution in [0.15, 0.2) is 18.2 Å². The second kappa shape index (κ2) is 8.25. The highest BCUT2D eigenvalue weighted by atomic mass is 35.5. The van der Waals surface area contributed by atoms with E-state index >= 15 is 0 Å². The molecule has 2 rings (SSSR count). The molecule has 2 amide bonds. The van der Waals surface area contributed by atoms with Gasteiger partial charge in [0.2, 0.25) is 0 Å². The molecule has 122 valence electrons. The summed E-state index contributed by atoms with van der Waals surface area (Å²) in [6.07, 6.45) is 5.14. The van der Waals surface area contributed by atoms with E-state index in [4.69, 9.17) is 16.3 Å². The van der Waals surface area contributed by atoms with Crippen molar-refractivity contribution in [3.8, 4) is 5.75 Å². The Morgan fingerprint density at radius 1 is 1.41 bits per heavy atom. The molecule has 3 N–H and O–H groups in total. The molecule has 0 saturated heterocycles. The van der Waals surface area contributed by atoms with Crippen LogP contribution in [0.3, 0.4) is 0 Å². The normalized spacial score (nSPS) is 16.9. The lowest BCUT2D eigenvalue weighted by atomic mass is 9.85. The number of benzene rings is 1. The predicted molar refractivity (Wildman–Crippen MR) is 87.6 cm³/mol. The van der Waals surface area contributed by atoms with Gasteiger partial charge in [-0.2, -0.15) is 0 Å². The lowest BCUT2D eigenvalue weighted by Crippen LogP contribution is -2.39. The summed E-state index contributed by atoms with van der Waals surface area (Å²) in [5.41, 5.74) is 0.500. The van der Waals surface area contributed by atoms with Crippen LogP contribution < -0.4 is 15.4 Å². The Morgan fingerprint density at radius 2 is 2.14 bits per heavy atom. The summed E-state index contributed by atoms with van der Waals surface area (Å²) in [7, 11) is 1.53. The van der Waals surface area contributed by atoms with Gasteiger partial charge in [0, 0.05) is 11.6 Å². The average molecular weight is 327 g/mol. The Bertz CT molecular complexity index is 504. The maximum atomic E-state index is 11.9. The number of amides is 2. The highest BCUT2D eigenvalue weighted by molar-refractivity contribution is 6.31. The summed E-state index contributed by atoms with van der Waals surface area (Å²) in [6.45, 7) is 0.249. The second-order valence-corrected chi connectivity index (χ2v) is 6.08. The third-order valence-corrected chi connectivity index (χ3v) is 4.31. The first kappa shape index (κ1) is 16.9. The van der Waals surface area contributed by atoms with E-state index in [1.807, 2.05) is 0 Å². The molecule has 1 saturated carbocycles. The summed E-state index contributed by atoms with van der Waals surface area (Å²) >= 11 is 5.92. The number of nitrogens with one attached hydrogen (secondary N) is 2. The monoisotopic (exact) mass is 326 g/mol. The minimum Gasteiger partial charge on any atom is -0.495 e. The molecule has 1 unspecified atom stereocenters. The molecular formula is C16H23ClN2O3. The Labute approximate surface area is 136 Å². The molecule has 1 atom stereocenters. The number of hydrogen-bond acceptors (Lipinski definition) is 3. The van der Waals surface area contributed by atoms with Crippen molar-refractivity contribution in [2.45, 2.75) is 38.2 Å². The van der Waals surface area contributed by atoms with Gasteiger partial charge < -0.3 is 20.5 Å². The van der Waals surface area contributed by atoms with Gasteiger partial charge in [-0.3, -0.25) is 0 Å². The van der Waals surface area contributed by atoms with Gasteiger partial charge in [0.1, 0.15) is 5.75 Å². The summed E-state index contributed by atoms with van der Waals surface area (Å²) in [5.74, 6) is 0.821. The van der Waals surface area contributed by atoms with Crippen molar-refractivity contribution in [1.29, 1.82) is 0 Å². The standard InChI is InChI=1S/C16H23ClN2O3/c1-22-15-8-7-12(17)9-13(15)19-16(21)18-10-14(20)11-5-3-2-4-6-11/h7-9,11,14,20H,2-6,10H2,1H3,(H2,18,19,21).